The maximum Gasteiger partial charge on any atom is 0.456 e. The van der Waals surface area contributed by atoms with Gasteiger partial charge in [0.1, 0.15) is 0 Å². The second-order valence-electron chi connectivity index (χ2n) is 3.37. The van der Waals surface area contributed by atoms with E-state index in [0.717, 1.165) is 12.1 Å². The Kier molecular flexibility index (Phi) is 3.56. The molecule has 0 bridgehead atoms. The minimum atomic E-state index is -5.91. The van der Waals surface area contributed by atoms with Crippen LogP contribution in [0.5, 0.6) is 0 Å². The van der Waals surface area contributed by atoms with E-state index in [4.69, 9.17) is 5.11 Å². The van der Waals surface area contributed by atoms with Gasteiger partial charge >= 0.3 is 12.1 Å². The molecule has 1 N–H and O–H groups in total. The predicted molar refractivity (Wildman–Crippen MR) is 49.1 cm³/mol. The first-order valence-electron chi connectivity index (χ1n) is 4.44. The highest BCUT2D eigenvalue weighted by Gasteiger charge is 2.62. The largest absolute Gasteiger partial charge is 0.456 e. The molecule has 1 aromatic rings. The highest BCUT2D eigenvalue weighted by molar-refractivity contribution is 5.34. The van der Waals surface area contributed by atoms with E-state index in [1.165, 1.54) is 0 Å². The van der Waals surface area contributed by atoms with Gasteiger partial charge in [0.25, 0.3) is 5.69 Å². The van der Waals surface area contributed by atoms with E-state index >= 15 is 0 Å². The van der Waals surface area contributed by atoms with Crippen LogP contribution in [0.3, 0.4) is 0 Å². The molecule has 0 aliphatic heterocycles. The van der Waals surface area contributed by atoms with Crippen molar-refractivity contribution in [1.29, 1.82) is 0 Å². The quantitative estimate of drug-likeness (QED) is 0.522. The average Bonchev–Trinajstić information content (AvgIpc) is 2.26. The maximum atomic E-state index is 12.8. The third kappa shape index (κ3) is 2.55. The summed E-state index contributed by atoms with van der Waals surface area (Å²) in [5, 5.41) is 19.2. The molecule has 18 heavy (non-hydrogen) atoms. The number of benzene rings is 1. The van der Waals surface area contributed by atoms with Gasteiger partial charge in [0.15, 0.2) is 6.10 Å². The number of nitrogens with zero attached hydrogens (tertiary/aromatic N) is 1. The van der Waals surface area contributed by atoms with Gasteiger partial charge < -0.3 is 5.11 Å². The molecule has 1 aromatic carbocycles. The van der Waals surface area contributed by atoms with Gasteiger partial charge in [-0.05, 0) is 17.7 Å². The van der Waals surface area contributed by atoms with Crippen molar-refractivity contribution in [3.63, 3.8) is 0 Å². The molecule has 0 saturated heterocycles. The Bertz CT molecular complexity index is 443. The Morgan fingerprint density at radius 3 is 1.89 bits per heavy atom. The Morgan fingerprint density at radius 1 is 1.11 bits per heavy atom. The van der Waals surface area contributed by atoms with E-state index in [2.05, 4.69) is 0 Å². The minimum absolute atomic E-state index is 0.485. The Balaban J connectivity index is 3.04. The summed E-state index contributed by atoms with van der Waals surface area (Å²) < 4.78 is 61.4. The van der Waals surface area contributed by atoms with Crippen LogP contribution in [0.1, 0.15) is 11.7 Å². The van der Waals surface area contributed by atoms with Crippen molar-refractivity contribution in [2.45, 2.75) is 18.2 Å². The normalized spacial score (nSPS) is 14.3. The summed E-state index contributed by atoms with van der Waals surface area (Å²) in [5.74, 6) is -5.33. The summed E-state index contributed by atoms with van der Waals surface area (Å²) in [7, 11) is 0. The molecular weight excluding hydrogens is 265 g/mol. The standard InChI is InChI=1S/C9H6F5NO3/c10-8(11,9(12,13)14)7(16)5-1-3-6(4-2-5)15(17)18/h1-4,7,16H. The summed E-state index contributed by atoms with van der Waals surface area (Å²) in [6.45, 7) is 0. The first-order chi connectivity index (χ1) is 8.07. The molecule has 0 saturated carbocycles. The van der Waals surface area contributed by atoms with Gasteiger partial charge in [0.2, 0.25) is 0 Å². The number of aliphatic hydroxyl groups excluding tert-OH is 1. The first-order valence-corrected chi connectivity index (χ1v) is 4.44. The summed E-state index contributed by atoms with van der Waals surface area (Å²) in [4.78, 5) is 9.40. The van der Waals surface area contributed by atoms with Crippen LogP contribution in [0.25, 0.3) is 0 Å². The zero-order valence-corrected chi connectivity index (χ0v) is 8.49. The van der Waals surface area contributed by atoms with Crippen LogP contribution in [-0.2, 0) is 0 Å². The number of alkyl halides is 5. The number of hydrogen-bond donors (Lipinski definition) is 1. The lowest BCUT2D eigenvalue weighted by Crippen LogP contribution is -2.42. The number of non-ortho nitro benzene ring substituents is 1. The Morgan fingerprint density at radius 2 is 1.56 bits per heavy atom. The summed E-state index contributed by atoms with van der Waals surface area (Å²) in [6.07, 6.45) is -9.02. The van der Waals surface area contributed by atoms with Crippen molar-refractivity contribution in [2.24, 2.45) is 0 Å². The predicted octanol–water partition coefficient (Wildman–Crippen LogP) is 2.83. The Labute approximate surface area is 96.8 Å². The molecule has 0 heterocycles. The van der Waals surface area contributed by atoms with Crippen molar-refractivity contribution in [3.05, 3.63) is 39.9 Å². The smallest absolute Gasteiger partial charge is 0.382 e. The van der Waals surface area contributed by atoms with Crippen LogP contribution in [0, 0.1) is 10.1 Å². The zero-order chi connectivity index (χ0) is 14.1. The van der Waals surface area contributed by atoms with Crippen LogP contribution >= 0.6 is 0 Å². The highest BCUT2D eigenvalue weighted by atomic mass is 19.4. The number of nitro benzene ring substituents is 1. The number of aliphatic hydroxyl groups is 1. The van der Waals surface area contributed by atoms with Gasteiger partial charge in [-0.1, -0.05) is 0 Å². The molecule has 9 heteroatoms. The van der Waals surface area contributed by atoms with Gasteiger partial charge in [-0.15, -0.1) is 0 Å². The van der Waals surface area contributed by atoms with E-state index in [-0.39, 0.29) is 0 Å². The molecule has 0 amide bonds. The van der Waals surface area contributed by atoms with Crippen LogP contribution in [0.2, 0.25) is 0 Å². The number of halogens is 5. The second kappa shape index (κ2) is 4.48. The van der Waals surface area contributed by atoms with Gasteiger partial charge in [0, 0.05) is 12.1 Å². The van der Waals surface area contributed by atoms with E-state index in [1.807, 2.05) is 0 Å². The van der Waals surface area contributed by atoms with Gasteiger partial charge in [-0.25, -0.2) is 0 Å². The van der Waals surface area contributed by atoms with Crippen LogP contribution in [0.4, 0.5) is 27.6 Å². The molecule has 1 atom stereocenters. The summed E-state index contributed by atoms with van der Waals surface area (Å²) in [5.41, 5.74) is -1.25. The molecule has 4 nitrogen and oxygen atoms in total. The molecule has 0 radical (unpaired) electrons. The van der Waals surface area contributed by atoms with Crippen LogP contribution < -0.4 is 0 Å². The zero-order valence-electron chi connectivity index (χ0n) is 8.49. The fourth-order valence-corrected chi connectivity index (χ4v) is 1.14. The minimum Gasteiger partial charge on any atom is -0.382 e. The van der Waals surface area contributed by atoms with E-state index in [0.29, 0.717) is 12.1 Å². The van der Waals surface area contributed by atoms with Crippen molar-refractivity contribution < 1.29 is 32.0 Å². The monoisotopic (exact) mass is 271 g/mol. The first kappa shape index (κ1) is 14.3. The molecule has 1 rings (SSSR count). The highest BCUT2D eigenvalue weighted by Crippen LogP contribution is 2.44. The lowest BCUT2D eigenvalue weighted by Gasteiger charge is -2.24. The number of hydrogen-bond acceptors (Lipinski definition) is 3. The van der Waals surface area contributed by atoms with Crippen molar-refractivity contribution in [2.75, 3.05) is 0 Å². The molecule has 0 aromatic heterocycles. The van der Waals surface area contributed by atoms with E-state index in [9.17, 15) is 32.1 Å². The molecule has 1 unspecified atom stereocenters. The van der Waals surface area contributed by atoms with E-state index in [1.54, 1.807) is 0 Å². The number of nitro groups is 1. The van der Waals surface area contributed by atoms with Crippen molar-refractivity contribution in [1.82, 2.24) is 0 Å². The van der Waals surface area contributed by atoms with Crippen molar-refractivity contribution >= 4 is 5.69 Å². The molecule has 0 aliphatic carbocycles. The third-order valence-electron chi connectivity index (χ3n) is 2.14. The van der Waals surface area contributed by atoms with E-state index < -0.39 is 34.4 Å². The SMILES string of the molecule is O=[N+]([O-])c1ccc(C(O)C(F)(F)C(F)(F)F)cc1. The molecule has 0 spiro atoms. The average molecular weight is 271 g/mol. The van der Waals surface area contributed by atoms with Crippen molar-refractivity contribution in [3.8, 4) is 0 Å². The molecule has 0 fully saturated rings. The molecule has 0 aliphatic rings. The number of rotatable bonds is 3. The van der Waals surface area contributed by atoms with Gasteiger partial charge in [-0.3, -0.25) is 10.1 Å². The third-order valence-corrected chi connectivity index (χ3v) is 2.14. The van der Waals surface area contributed by atoms with Gasteiger partial charge in [-0.2, -0.15) is 22.0 Å². The lowest BCUT2D eigenvalue weighted by molar-refractivity contribution is -0.384. The molecular formula is C9H6F5NO3. The van der Waals surface area contributed by atoms with Crippen LogP contribution in [0.15, 0.2) is 24.3 Å². The molecule has 100 valence electrons. The fraction of sp³-hybridized carbons (Fsp3) is 0.333. The second-order valence-corrected chi connectivity index (χ2v) is 3.37. The Hall–Kier alpha value is -1.77. The topological polar surface area (TPSA) is 63.4 Å². The van der Waals surface area contributed by atoms with Crippen LogP contribution in [-0.4, -0.2) is 22.1 Å². The maximum absolute atomic E-state index is 12.8. The fourth-order valence-electron chi connectivity index (χ4n) is 1.14. The lowest BCUT2D eigenvalue weighted by atomic mass is 10.0. The summed E-state index contributed by atoms with van der Waals surface area (Å²) >= 11 is 0. The summed E-state index contributed by atoms with van der Waals surface area (Å²) in [6, 6.07) is 2.74. The van der Waals surface area contributed by atoms with Gasteiger partial charge in [0.05, 0.1) is 4.92 Å².